The average molecular weight is 469 g/mol. The van der Waals surface area contributed by atoms with Crippen molar-refractivity contribution in [3.63, 3.8) is 0 Å². The molecule has 0 aliphatic carbocycles. The SMILES string of the molecule is COc1cccc(NC(=O)NC(c2ccc(C(F)(F)F)cc2)c2ncccc2C(F)(F)F)c1. The Kier molecular flexibility index (Phi) is 6.80. The summed E-state index contributed by atoms with van der Waals surface area (Å²) in [5.41, 5.74) is -2.41. The lowest BCUT2D eigenvalue weighted by molar-refractivity contribution is -0.139. The number of amides is 2. The molecule has 0 fully saturated rings. The van der Waals surface area contributed by atoms with E-state index in [-0.39, 0.29) is 11.3 Å². The molecule has 174 valence electrons. The van der Waals surface area contributed by atoms with Crippen molar-refractivity contribution in [1.29, 1.82) is 0 Å². The standard InChI is InChI=1S/C22H17F6N3O2/c1-33-16-5-2-4-15(12-16)30-20(32)31-18(13-7-9-14(10-8-13)21(23,24)25)19-17(22(26,27)28)6-3-11-29-19/h2-12,18H,1H3,(H2,30,31,32). The van der Waals surface area contributed by atoms with E-state index in [9.17, 15) is 31.1 Å². The van der Waals surface area contributed by atoms with Gasteiger partial charge < -0.3 is 15.4 Å². The fourth-order valence-corrected chi connectivity index (χ4v) is 3.06. The zero-order chi connectivity index (χ0) is 24.2. The molecule has 1 aromatic heterocycles. The number of methoxy groups -OCH3 is 1. The van der Waals surface area contributed by atoms with Gasteiger partial charge in [-0.25, -0.2) is 4.79 Å². The van der Waals surface area contributed by atoms with Gasteiger partial charge >= 0.3 is 18.4 Å². The Bertz CT molecular complexity index is 1110. The summed E-state index contributed by atoms with van der Waals surface area (Å²) in [6.45, 7) is 0. The van der Waals surface area contributed by atoms with E-state index in [0.717, 1.165) is 42.6 Å². The zero-order valence-corrected chi connectivity index (χ0v) is 17.0. The Labute approximate surface area is 184 Å². The lowest BCUT2D eigenvalue weighted by Gasteiger charge is -2.23. The van der Waals surface area contributed by atoms with Gasteiger partial charge in [0, 0.05) is 18.0 Å². The molecule has 0 aliphatic heterocycles. The molecule has 2 amide bonds. The average Bonchev–Trinajstić information content (AvgIpc) is 2.76. The van der Waals surface area contributed by atoms with Crippen molar-refractivity contribution in [3.8, 4) is 5.75 Å². The molecule has 1 unspecified atom stereocenters. The topological polar surface area (TPSA) is 63.2 Å². The van der Waals surface area contributed by atoms with E-state index in [1.54, 1.807) is 12.1 Å². The van der Waals surface area contributed by atoms with Crippen LogP contribution in [-0.4, -0.2) is 18.1 Å². The smallest absolute Gasteiger partial charge is 0.418 e. The van der Waals surface area contributed by atoms with E-state index in [0.29, 0.717) is 5.75 Å². The van der Waals surface area contributed by atoms with Gasteiger partial charge in [0.05, 0.1) is 30.0 Å². The first-order valence-corrected chi connectivity index (χ1v) is 9.40. The molecule has 3 rings (SSSR count). The van der Waals surface area contributed by atoms with Gasteiger partial charge in [0.2, 0.25) is 0 Å². The van der Waals surface area contributed by atoms with Crippen molar-refractivity contribution in [2.45, 2.75) is 18.4 Å². The van der Waals surface area contributed by atoms with Gasteiger partial charge in [0.1, 0.15) is 5.75 Å². The Hall–Kier alpha value is -3.76. The van der Waals surface area contributed by atoms with Gasteiger partial charge in [-0.3, -0.25) is 4.98 Å². The van der Waals surface area contributed by atoms with E-state index in [1.165, 1.54) is 19.2 Å². The van der Waals surface area contributed by atoms with Gasteiger partial charge in [0.25, 0.3) is 0 Å². The first-order chi connectivity index (χ1) is 15.5. The van der Waals surface area contributed by atoms with Gasteiger partial charge in [-0.2, -0.15) is 26.3 Å². The highest BCUT2D eigenvalue weighted by molar-refractivity contribution is 5.90. The first-order valence-electron chi connectivity index (χ1n) is 9.40. The minimum Gasteiger partial charge on any atom is -0.497 e. The van der Waals surface area contributed by atoms with Gasteiger partial charge in [-0.15, -0.1) is 0 Å². The van der Waals surface area contributed by atoms with Crippen molar-refractivity contribution in [1.82, 2.24) is 10.3 Å². The Morgan fingerprint density at radius 1 is 0.939 bits per heavy atom. The van der Waals surface area contributed by atoms with Gasteiger partial charge in [0.15, 0.2) is 0 Å². The monoisotopic (exact) mass is 469 g/mol. The number of carbonyl (C=O) groups is 1. The molecule has 5 nitrogen and oxygen atoms in total. The number of ether oxygens (including phenoxy) is 1. The molecular formula is C22H17F6N3O2. The molecule has 0 bridgehead atoms. The molecule has 1 atom stereocenters. The van der Waals surface area contributed by atoms with Crippen molar-refractivity contribution < 1.29 is 35.9 Å². The summed E-state index contributed by atoms with van der Waals surface area (Å²) in [5, 5.41) is 4.83. The summed E-state index contributed by atoms with van der Waals surface area (Å²) in [4.78, 5) is 16.4. The number of carbonyl (C=O) groups excluding carboxylic acids is 1. The number of halogens is 6. The molecule has 11 heteroatoms. The third-order valence-electron chi connectivity index (χ3n) is 4.59. The maximum absolute atomic E-state index is 13.6. The quantitative estimate of drug-likeness (QED) is 0.448. The summed E-state index contributed by atoms with van der Waals surface area (Å²) in [6.07, 6.45) is -8.34. The Morgan fingerprint density at radius 3 is 2.24 bits per heavy atom. The molecule has 0 spiro atoms. The number of aromatic nitrogens is 1. The van der Waals surface area contributed by atoms with E-state index >= 15 is 0 Å². The van der Waals surface area contributed by atoms with Crippen LogP contribution in [0.3, 0.4) is 0 Å². The second kappa shape index (κ2) is 9.39. The molecule has 2 aromatic carbocycles. The molecule has 0 aliphatic rings. The number of anilines is 1. The third kappa shape index (κ3) is 5.93. The number of pyridine rings is 1. The zero-order valence-electron chi connectivity index (χ0n) is 17.0. The molecule has 1 heterocycles. The minimum atomic E-state index is -4.81. The van der Waals surface area contributed by atoms with Crippen LogP contribution in [-0.2, 0) is 12.4 Å². The molecule has 0 radical (unpaired) electrons. The van der Waals surface area contributed by atoms with Crippen molar-refractivity contribution >= 4 is 11.7 Å². The van der Waals surface area contributed by atoms with E-state index in [4.69, 9.17) is 4.74 Å². The number of alkyl halides is 6. The molecule has 0 saturated carbocycles. The van der Waals surface area contributed by atoms with Crippen LogP contribution in [0.5, 0.6) is 5.75 Å². The maximum Gasteiger partial charge on any atom is 0.418 e. The summed E-state index contributed by atoms with van der Waals surface area (Å²) in [7, 11) is 1.42. The van der Waals surface area contributed by atoms with E-state index < -0.39 is 41.2 Å². The van der Waals surface area contributed by atoms with Crippen LogP contribution >= 0.6 is 0 Å². The fourth-order valence-electron chi connectivity index (χ4n) is 3.06. The van der Waals surface area contributed by atoms with E-state index in [1.807, 2.05) is 0 Å². The summed E-state index contributed by atoms with van der Waals surface area (Å²) < 4.78 is 84.6. The molecule has 3 aromatic rings. The predicted molar refractivity (Wildman–Crippen MR) is 108 cm³/mol. The fraction of sp³-hybridized carbons (Fsp3) is 0.182. The molecule has 0 saturated heterocycles. The van der Waals surface area contributed by atoms with Crippen LogP contribution in [0.2, 0.25) is 0 Å². The van der Waals surface area contributed by atoms with Crippen molar-refractivity contribution in [2.24, 2.45) is 0 Å². The summed E-state index contributed by atoms with van der Waals surface area (Å²) in [6, 6.07) is 9.12. The van der Waals surface area contributed by atoms with Crippen LogP contribution in [0.15, 0.2) is 66.9 Å². The highest BCUT2D eigenvalue weighted by atomic mass is 19.4. The van der Waals surface area contributed by atoms with Crippen LogP contribution in [0.25, 0.3) is 0 Å². The Morgan fingerprint density at radius 2 is 1.64 bits per heavy atom. The third-order valence-corrected chi connectivity index (χ3v) is 4.59. The number of nitrogens with zero attached hydrogens (tertiary/aromatic N) is 1. The normalized spacial score (nSPS) is 12.7. The van der Waals surface area contributed by atoms with Crippen molar-refractivity contribution in [2.75, 3.05) is 12.4 Å². The lowest BCUT2D eigenvalue weighted by Crippen LogP contribution is -2.35. The Balaban J connectivity index is 1.98. The largest absolute Gasteiger partial charge is 0.497 e. The van der Waals surface area contributed by atoms with Crippen LogP contribution < -0.4 is 15.4 Å². The van der Waals surface area contributed by atoms with Gasteiger partial charge in [-0.05, 0) is 42.0 Å². The molecule has 2 N–H and O–H groups in total. The number of rotatable bonds is 5. The second-order valence-electron chi connectivity index (χ2n) is 6.82. The van der Waals surface area contributed by atoms with Crippen LogP contribution in [0.4, 0.5) is 36.8 Å². The lowest BCUT2D eigenvalue weighted by atomic mass is 9.98. The number of hydrogen-bond donors (Lipinski definition) is 2. The van der Waals surface area contributed by atoms with Crippen LogP contribution in [0.1, 0.15) is 28.4 Å². The first kappa shape index (κ1) is 23.9. The number of nitrogens with one attached hydrogen (secondary N) is 2. The van der Waals surface area contributed by atoms with Crippen LogP contribution in [0, 0.1) is 0 Å². The highest BCUT2D eigenvalue weighted by Crippen LogP contribution is 2.36. The van der Waals surface area contributed by atoms with Gasteiger partial charge in [-0.1, -0.05) is 18.2 Å². The molecular weight excluding hydrogens is 452 g/mol. The van der Waals surface area contributed by atoms with E-state index in [2.05, 4.69) is 15.6 Å². The second-order valence-corrected chi connectivity index (χ2v) is 6.82. The maximum atomic E-state index is 13.6. The predicted octanol–water partition coefficient (Wildman–Crippen LogP) is 6.04. The summed E-state index contributed by atoms with van der Waals surface area (Å²) >= 11 is 0. The van der Waals surface area contributed by atoms with Crippen molar-refractivity contribution in [3.05, 3.63) is 89.2 Å². The number of urea groups is 1. The number of benzene rings is 2. The minimum absolute atomic E-state index is 0.0204. The summed E-state index contributed by atoms with van der Waals surface area (Å²) in [5.74, 6) is 0.427. The number of hydrogen-bond acceptors (Lipinski definition) is 3. The highest BCUT2D eigenvalue weighted by Gasteiger charge is 2.37. The molecule has 33 heavy (non-hydrogen) atoms.